The standard InChI is InChI=1S/C15H13FN2O/c1-10(18)14-8-12(16)4-7-15(14)19-13-5-2-11(9-17)3-6-13/h2-8,10H,18H2,1H3/t10-/m1/s1. The summed E-state index contributed by atoms with van der Waals surface area (Å²) in [5.74, 6) is 0.744. The molecule has 0 saturated carbocycles. The summed E-state index contributed by atoms with van der Waals surface area (Å²) in [7, 11) is 0. The Balaban J connectivity index is 2.30. The van der Waals surface area contributed by atoms with Crippen LogP contribution in [0.3, 0.4) is 0 Å². The van der Waals surface area contributed by atoms with Crippen LogP contribution in [0, 0.1) is 17.1 Å². The van der Waals surface area contributed by atoms with E-state index >= 15 is 0 Å². The zero-order valence-corrected chi connectivity index (χ0v) is 10.4. The molecule has 1 atom stereocenters. The van der Waals surface area contributed by atoms with Crippen molar-refractivity contribution >= 4 is 0 Å². The van der Waals surface area contributed by atoms with Crippen LogP contribution in [0.5, 0.6) is 11.5 Å². The lowest BCUT2D eigenvalue weighted by Crippen LogP contribution is -2.07. The van der Waals surface area contributed by atoms with Crippen molar-refractivity contribution in [2.45, 2.75) is 13.0 Å². The number of hydrogen-bond donors (Lipinski definition) is 1. The van der Waals surface area contributed by atoms with Gasteiger partial charge in [-0.25, -0.2) is 4.39 Å². The molecule has 0 spiro atoms. The highest BCUT2D eigenvalue weighted by atomic mass is 19.1. The molecule has 0 aromatic heterocycles. The molecule has 0 unspecified atom stereocenters. The highest BCUT2D eigenvalue weighted by molar-refractivity contribution is 5.41. The molecule has 0 radical (unpaired) electrons. The lowest BCUT2D eigenvalue weighted by molar-refractivity contribution is 0.469. The van der Waals surface area contributed by atoms with Crippen LogP contribution >= 0.6 is 0 Å². The zero-order chi connectivity index (χ0) is 13.8. The van der Waals surface area contributed by atoms with E-state index in [1.165, 1.54) is 12.1 Å². The number of nitrogens with two attached hydrogens (primary N) is 1. The molecule has 2 rings (SSSR count). The Bertz CT molecular complexity index is 615. The molecule has 0 heterocycles. The first kappa shape index (κ1) is 13.1. The van der Waals surface area contributed by atoms with Crippen LogP contribution in [0.1, 0.15) is 24.1 Å². The SMILES string of the molecule is C[C@@H](N)c1cc(F)ccc1Oc1ccc(C#N)cc1. The Morgan fingerprint density at radius 1 is 1.21 bits per heavy atom. The Morgan fingerprint density at radius 3 is 2.47 bits per heavy atom. The van der Waals surface area contributed by atoms with Gasteiger partial charge in [-0.1, -0.05) is 0 Å². The number of ether oxygens (including phenoxy) is 1. The third-order valence-corrected chi connectivity index (χ3v) is 2.67. The summed E-state index contributed by atoms with van der Waals surface area (Å²) in [6.45, 7) is 1.76. The summed E-state index contributed by atoms with van der Waals surface area (Å²) in [5, 5.41) is 8.72. The van der Waals surface area contributed by atoms with Crippen molar-refractivity contribution in [3.63, 3.8) is 0 Å². The van der Waals surface area contributed by atoms with E-state index in [1.54, 1.807) is 37.3 Å². The molecule has 2 aromatic rings. The molecule has 3 nitrogen and oxygen atoms in total. The Labute approximate surface area is 111 Å². The second-order valence-electron chi connectivity index (χ2n) is 4.21. The summed E-state index contributed by atoms with van der Waals surface area (Å²) >= 11 is 0. The van der Waals surface area contributed by atoms with E-state index in [-0.39, 0.29) is 11.9 Å². The number of benzene rings is 2. The van der Waals surface area contributed by atoms with Crippen LogP contribution in [-0.2, 0) is 0 Å². The van der Waals surface area contributed by atoms with Gasteiger partial charge in [-0.15, -0.1) is 0 Å². The molecular weight excluding hydrogens is 243 g/mol. The summed E-state index contributed by atoms with van der Waals surface area (Å²) in [6, 6.07) is 12.6. The average Bonchev–Trinajstić information content (AvgIpc) is 2.41. The third kappa shape index (κ3) is 3.09. The minimum absolute atomic E-state index is 0.330. The second kappa shape index (κ2) is 5.51. The normalized spacial score (nSPS) is 11.7. The maximum absolute atomic E-state index is 13.2. The van der Waals surface area contributed by atoms with Gasteiger partial charge in [-0.2, -0.15) is 5.26 Å². The number of nitrogens with zero attached hydrogens (tertiary/aromatic N) is 1. The Morgan fingerprint density at radius 2 is 1.89 bits per heavy atom. The molecule has 0 fully saturated rings. The third-order valence-electron chi connectivity index (χ3n) is 2.67. The van der Waals surface area contributed by atoms with E-state index < -0.39 is 0 Å². The first-order valence-corrected chi connectivity index (χ1v) is 5.83. The van der Waals surface area contributed by atoms with Gasteiger partial charge in [-0.05, 0) is 49.4 Å². The molecule has 4 heteroatoms. The van der Waals surface area contributed by atoms with Crippen molar-refractivity contribution in [1.82, 2.24) is 0 Å². The molecule has 19 heavy (non-hydrogen) atoms. The Kier molecular flexibility index (Phi) is 3.79. The Hall–Kier alpha value is -2.38. The van der Waals surface area contributed by atoms with Gasteiger partial charge in [0.25, 0.3) is 0 Å². The predicted octanol–water partition coefficient (Wildman–Crippen LogP) is 3.51. The fourth-order valence-corrected chi connectivity index (χ4v) is 1.69. The van der Waals surface area contributed by atoms with Crippen LogP contribution in [0.4, 0.5) is 4.39 Å². The lowest BCUT2D eigenvalue weighted by Gasteiger charge is -2.13. The van der Waals surface area contributed by atoms with Gasteiger partial charge in [0.2, 0.25) is 0 Å². The maximum atomic E-state index is 13.2. The topological polar surface area (TPSA) is 59.0 Å². The molecule has 0 amide bonds. The van der Waals surface area contributed by atoms with Crippen molar-refractivity contribution in [3.8, 4) is 17.6 Å². The minimum Gasteiger partial charge on any atom is -0.457 e. The summed E-state index contributed by atoms with van der Waals surface area (Å²) in [4.78, 5) is 0. The van der Waals surface area contributed by atoms with E-state index in [1.807, 2.05) is 6.07 Å². The molecule has 0 bridgehead atoms. The highest BCUT2D eigenvalue weighted by Crippen LogP contribution is 2.29. The molecule has 2 N–H and O–H groups in total. The van der Waals surface area contributed by atoms with Crippen LogP contribution in [0.2, 0.25) is 0 Å². The molecule has 0 aliphatic carbocycles. The molecular formula is C15H13FN2O. The van der Waals surface area contributed by atoms with Crippen molar-refractivity contribution in [1.29, 1.82) is 5.26 Å². The fraction of sp³-hybridized carbons (Fsp3) is 0.133. The van der Waals surface area contributed by atoms with Gasteiger partial charge in [0.15, 0.2) is 0 Å². The predicted molar refractivity (Wildman–Crippen MR) is 70.2 cm³/mol. The van der Waals surface area contributed by atoms with Gasteiger partial charge in [-0.3, -0.25) is 0 Å². The maximum Gasteiger partial charge on any atom is 0.132 e. The number of rotatable bonds is 3. The number of hydrogen-bond acceptors (Lipinski definition) is 3. The molecule has 2 aromatic carbocycles. The van der Waals surface area contributed by atoms with Crippen molar-refractivity contribution in [3.05, 3.63) is 59.4 Å². The second-order valence-corrected chi connectivity index (χ2v) is 4.21. The van der Waals surface area contributed by atoms with Crippen LogP contribution in [-0.4, -0.2) is 0 Å². The van der Waals surface area contributed by atoms with Crippen LogP contribution < -0.4 is 10.5 Å². The first-order valence-electron chi connectivity index (χ1n) is 5.83. The largest absolute Gasteiger partial charge is 0.457 e. The van der Waals surface area contributed by atoms with E-state index in [0.29, 0.717) is 22.6 Å². The highest BCUT2D eigenvalue weighted by Gasteiger charge is 2.10. The zero-order valence-electron chi connectivity index (χ0n) is 10.4. The quantitative estimate of drug-likeness (QED) is 0.914. The van der Waals surface area contributed by atoms with Crippen LogP contribution in [0.15, 0.2) is 42.5 Å². The minimum atomic E-state index is -0.348. The van der Waals surface area contributed by atoms with Gasteiger partial charge in [0.05, 0.1) is 11.6 Å². The van der Waals surface area contributed by atoms with Gasteiger partial charge in [0, 0.05) is 11.6 Å². The first-order chi connectivity index (χ1) is 9.10. The number of halogens is 1. The van der Waals surface area contributed by atoms with E-state index in [9.17, 15) is 4.39 Å². The summed E-state index contributed by atoms with van der Waals surface area (Å²) in [5.41, 5.74) is 6.95. The lowest BCUT2D eigenvalue weighted by atomic mass is 10.1. The van der Waals surface area contributed by atoms with Gasteiger partial charge in [0.1, 0.15) is 17.3 Å². The molecule has 0 aliphatic heterocycles. The van der Waals surface area contributed by atoms with Crippen molar-refractivity contribution in [2.24, 2.45) is 5.73 Å². The van der Waals surface area contributed by atoms with Crippen LogP contribution in [0.25, 0.3) is 0 Å². The average molecular weight is 256 g/mol. The number of nitriles is 1. The molecule has 96 valence electrons. The van der Waals surface area contributed by atoms with Crippen molar-refractivity contribution < 1.29 is 9.13 Å². The van der Waals surface area contributed by atoms with Gasteiger partial charge < -0.3 is 10.5 Å². The van der Waals surface area contributed by atoms with Crippen molar-refractivity contribution in [2.75, 3.05) is 0 Å². The molecule has 0 aliphatic rings. The van der Waals surface area contributed by atoms with E-state index in [4.69, 9.17) is 15.7 Å². The van der Waals surface area contributed by atoms with Gasteiger partial charge >= 0.3 is 0 Å². The molecule has 0 saturated heterocycles. The fourth-order valence-electron chi connectivity index (χ4n) is 1.69. The van der Waals surface area contributed by atoms with E-state index in [2.05, 4.69) is 0 Å². The van der Waals surface area contributed by atoms with E-state index in [0.717, 1.165) is 0 Å². The summed E-state index contributed by atoms with van der Waals surface area (Å²) < 4.78 is 18.9. The smallest absolute Gasteiger partial charge is 0.132 e. The monoisotopic (exact) mass is 256 g/mol. The summed E-state index contributed by atoms with van der Waals surface area (Å²) in [6.07, 6.45) is 0.